The van der Waals surface area contributed by atoms with Gasteiger partial charge in [-0.1, -0.05) is 43.8 Å². The van der Waals surface area contributed by atoms with Gasteiger partial charge in [-0.15, -0.1) is 16.8 Å². The second kappa shape index (κ2) is 7.38. The van der Waals surface area contributed by atoms with Crippen molar-refractivity contribution >= 4 is 21.6 Å². The molecule has 2 aromatic rings. The smallest absolute Gasteiger partial charge is 0.239 e. The van der Waals surface area contributed by atoms with Crippen LogP contribution in [-0.4, -0.2) is 44.8 Å². The van der Waals surface area contributed by atoms with Crippen LogP contribution in [0.3, 0.4) is 0 Å². The van der Waals surface area contributed by atoms with Gasteiger partial charge in [0.25, 0.3) is 0 Å². The zero-order valence-electron chi connectivity index (χ0n) is 16.0. The Balaban J connectivity index is 1.82. The Hall–Kier alpha value is -1.68. The molecule has 0 saturated carbocycles. The lowest BCUT2D eigenvalue weighted by Crippen LogP contribution is -2.13. The first-order chi connectivity index (χ1) is 12.6. The van der Waals surface area contributed by atoms with Gasteiger partial charge in [-0.05, 0) is 13.3 Å². The normalized spacial score (nSPS) is 20.7. The molecule has 3 heterocycles. The van der Waals surface area contributed by atoms with Crippen LogP contribution >= 0.6 is 11.8 Å². The summed E-state index contributed by atoms with van der Waals surface area (Å²) in [5.74, 6) is 2.10. The molecular weight excluding hydrogens is 386 g/mol. The first-order valence-electron chi connectivity index (χ1n) is 8.86. The third-order valence-corrected chi connectivity index (χ3v) is 7.23. The maximum Gasteiger partial charge on any atom is 0.239 e. The number of nitrogens with zero attached hydrogens (tertiary/aromatic N) is 5. The van der Waals surface area contributed by atoms with Gasteiger partial charge in [-0.25, -0.2) is 8.42 Å². The molecule has 0 aliphatic carbocycles. The van der Waals surface area contributed by atoms with Crippen molar-refractivity contribution in [1.29, 1.82) is 0 Å². The molecule has 0 radical (unpaired) electrons. The molecule has 0 amide bonds. The zero-order chi connectivity index (χ0) is 19.8. The Morgan fingerprint density at radius 1 is 1.41 bits per heavy atom. The summed E-state index contributed by atoms with van der Waals surface area (Å²) in [6.07, 6.45) is 2.34. The number of hydrogen-bond donors (Lipinski definition) is 0. The first kappa shape index (κ1) is 20.1. The summed E-state index contributed by atoms with van der Waals surface area (Å²) in [6.45, 7) is 12.4. The third-order valence-electron chi connectivity index (χ3n) is 4.40. The second-order valence-electron chi connectivity index (χ2n) is 7.81. The van der Waals surface area contributed by atoms with E-state index in [2.05, 4.69) is 26.9 Å². The van der Waals surface area contributed by atoms with Crippen molar-refractivity contribution in [2.24, 2.45) is 0 Å². The topological polar surface area (TPSA) is 104 Å². The zero-order valence-corrected chi connectivity index (χ0v) is 17.7. The van der Waals surface area contributed by atoms with Crippen molar-refractivity contribution in [1.82, 2.24) is 24.9 Å². The highest BCUT2D eigenvalue weighted by atomic mass is 32.2. The van der Waals surface area contributed by atoms with E-state index in [1.165, 1.54) is 11.8 Å². The van der Waals surface area contributed by atoms with Crippen LogP contribution in [0.1, 0.15) is 62.8 Å². The molecule has 1 saturated heterocycles. The van der Waals surface area contributed by atoms with E-state index in [0.717, 1.165) is 0 Å². The summed E-state index contributed by atoms with van der Waals surface area (Å²) >= 11 is 1.46. The highest BCUT2D eigenvalue weighted by Gasteiger charge is 2.33. The Kier molecular flexibility index (Phi) is 5.49. The van der Waals surface area contributed by atoms with Gasteiger partial charge in [0.05, 0.1) is 16.8 Å². The van der Waals surface area contributed by atoms with Gasteiger partial charge in [0.15, 0.2) is 20.8 Å². The highest BCUT2D eigenvalue weighted by Crippen LogP contribution is 2.36. The van der Waals surface area contributed by atoms with Crippen LogP contribution in [0, 0.1) is 0 Å². The first-order valence-corrected chi connectivity index (χ1v) is 11.6. The van der Waals surface area contributed by atoms with E-state index < -0.39 is 9.84 Å². The fourth-order valence-electron chi connectivity index (χ4n) is 2.90. The van der Waals surface area contributed by atoms with E-state index in [9.17, 15) is 8.42 Å². The Bertz CT molecular complexity index is 927. The number of rotatable bonds is 6. The molecule has 2 atom stereocenters. The summed E-state index contributed by atoms with van der Waals surface area (Å²) in [4.78, 5) is 4.50. The predicted molar refractivity (Wildman–Crippen MR) is 104 cm³/mol. The van der Waals surface area contributed by atoms with Gasteiger partial charge >= 0.3 is 0 Å². The number of aromatic nitrogens is 5. The van der Waals surface area contributed by atoms with E-state index in [1.54, 1.807) is 6.08 Å². The average molecular weight is 412 g/mol. The lowest BCUT2D eigenvalue weighted by molar-refractivity contribution is 0.364. The fourth-order valence-corrected chi connectivity index (χ4v) is 5.54. The standard InChI is InChI=1S/C17H25N5O3S2/c1-6-8-22-13(12-7-9-27(23,24)10-12)19-20-16(22)26-11(2)14-18-15(21-25-14)17(3,4)5/h6,11-12H,1,7-10H2,2-5H3/t11-,12+/m0/s1. The van der Waals surface area contributed by atoms with Gasteiger partial charge in [0.1, 0.15) is 5.82 Å². The predicted octanol–water partition coefficient (Wildman–Crippen LogP) is 2.90. The summed E-state index contributed by atoms with van der Waals surface area (Å²) < 4.78 is 31.0. The van der Waals surface area contributed by atoms with Gasteiger partial charge in [-0.2, -0.15) is 4.98 Å². The lowest BCUT2D eigenvalue weighted by Gasteiger charge is -2.13. The molecule has 0 bridgehead atoms. The maximum absolute atomic E-state index is 11.8. The quantitative estimate of drug-likeness (QED) is 0.528. The minimum Gasteiger partial charge on any atom is -0.338 e. The summed E-state index contributed by atoms with van der Waals surface area (Å²) in [6, 6.07) is 0. The van der Waals surface area contributed by atoms with Crippen LogP contribution in [0.2, 0.25) is 0 Å². The van der Waals surface area contributed by atoms with Crippen molar-refractivity contribution in [3.05, 3.63) is 30.2 Å². The average Bonchev–Trinajstić information content (AvgIpc) is 3.26. The molecule has 0 unspecified atom stereocenters. The van der Waals surface area contributed by atoms with Gasteiger partial charge in [0, 0.05) is 17.9 Å². The number of thioether (sulfide) groups is 1. The molecule has 3 rings (SSSR count). The highest BCUT2D eigenvalue weighted by molar-refractivity contribution is 7.99. The fraction of sp³-hybridized carbons (Fsp3) is 0.647. The summed E-state index contributed by atoms with van der Waals surface area (Å²) in [5, 5.41) is 13.2. The minimum atomic E-state index is -2.99. The van der Waals surface area contributed by atoms with E-state index in [4.69, 9.17) is 4.52 Å². The van der Waals surface area contributed by atoms with Crippen LogP contribution in [0.4, 0.5) is 0 Å². The Morgan fingerprint density at radius 3 is 2.70 bits per heavy atom. The summed E-state index contributed by atoms with van der Waals surface area (Å²) in [5.41, 5.74) is -0.184. The Morgan fingerprint density at radius 2 is 2.15 bits per heavy atom. The molecule has 1 fully saturated rings. The van der Waals surface area contributed by atoms with E-state index >= 15 is 0 Å². The molecule has 27 heavy (non-hydrogen) atoms. The molecule has 148 valence electrons. The number of allylic oxidation sites excluding steroid dienone is 1. The molecule has 1 aliphatic rings. The van der Waals surface area contributed by atoms with Crippen molar-refractivity contribution in [2.45, 2.75) is 62.4 Å². The van der Waals surface area contributed by atoms with E-state index in [1.807, 2.05) is 32.3 Å². The third kappa shape index (κ3) is 4.43. The van der Waals surface area contributed by atoms with Crippen LogP contribution in [-0.2, 0) is 21.8 Å². The van der Waals surface area contributed by atoms with E-state index in [0.29, 0.717) is 35.7 Å². The van der Waals surface area contributed by atoms with Crippen molar-refractivity contribution < 1.29 is 12.9 Å². The molecule has 2 aromatic heterocycles. The maximum atomic E-state index is 11.8. The number of hydrogen-bond acceptors (Lipinski definition) is 8. The van der Waals surface area contributed by atoms with Crippen molar-refractivity contribution in [3.8, 4) is 0 Å². The van der Waals surface area contributed by atoms with Crippen molar-refractivity contribution in [3.63, 3.8) is 0 Å². The van der Waals surface area contributed by atoms with Gasteiger partial charge in [0.2, 0.25) is 5.89 Å². The Labute approximate surface area is 163 Å². The van der Waals surface area contributed by atoms with Crippen molar-refractivity contribution in [2.75, 3.05) is 11.5 Å². The number of sulfone groups is 1. The van der Waals surface area contributed by atoms with Gasteiger partial charge in [-0.3, -0.25) is 0 Å². The molecule has 0 spiro atoms. The summed E-state index contributed by atoms with van der Waals surface area (Å²) in [7, 11) is -2.99. The largest absolute Gasteiger partial charge is 0.338 e. The van der Waals surface area contributed by atoms with Crippen LogP contribution < -0.4 is 0 Å². The second-order valence-corrected chi connectivity index (χ2v) is 11.3. The minimum absolute atomic E-state index is 0.110. The molecule has 0 N–H and O–H groups in total. The van der Waals surface area contributed by atoms with Gasteiger partial charge < -0.3 is 9.09 Å². The molecule has 1 aliphatic heterocycles. The molecule has 10 heteroatoms. The van der Waals surface area contributed by atoms with Crippen LogP contribution in [0.25, 0.3) is 0 Å². The molecule has 0 aromatic carbocycles. The monoisotopic (exact) mass is 411 g/mol. The molecular formula is C17H25N5O3S2. The van der Waals surface area contributed by atoms with Crippen LogP contribution in [0.15, 0.2) is 22.3 Å². The van der Waals surface area contributed by atoms with E-state index in [-0.39, 0.29) is 28.1 Å². The molecule has 8 nitrogen and oxygen atoms in total. The lowest BCUT2D eigenvalue weighted by atomic mass is 9.96. The SMILES string of the molecule is C=CCn1c(S[C@@H](C)c2nc(C(C)(C)C)no2)nnc1[C@@H]1CCS(=O)(=O)C1. The van der Waals surface area contributed by atoms with Crippen LogP contribution in [0.5, 0.6) is 0 Å².